The van der Waals surface area contributed by atoms with Gasteiger partial charge in [0.2, 0.25) is 0 Å². The van der Waals surface area contributed by atoms with Gasteiger partial charge in [-0.15, -0.1) is 0 Å². The number of para-hydroxylation sites is 2. The first kappa shape index (κ1) is 13.4. The van der Waals surface area contributed by atoms with Crippen molar-refractivity contribution in [2.45, 2.75) is 5.22 Å². The summed E-state index contributed by atoms with van der Waals surface area (Å²) in [4.78, 5) is 15.9. The van der Waals surface area contributed by atoms with E-state index < -0.39 is 0 Å². The van der Waals surface area contributed by atoms with Gasteiger partial charge in [-0.3, -0.25) is 4.79 Å². The highest BCUT2D eigenvalue weighted by Crippen LogP contribution is 2.22. The Balaban J connectivity index is 1.51. The van der Waals surface area contributed by atoms with Gasteiger partial charge < -0.3 is 8.83 Å². The highest BCUT2D eigenvalue weighted by molar-refractivity contribution is 7.99. The van der Waals surface area contributed by atoms with E-state index in [1.54, 1.807) is 12.1 Å². The smallest absolute Gasteiger partial charge is 0.257 e. The molecule has 0 aliphatic rings. The Hall–Kier alpha value is -2.54. The molecule has 0 saturated heterocycles. The molecule has 2 heterocycles. The van der Waals surface area contributed by atoms with E-state index in [0.717, 1.165) is 5.52 Å². The molecule has 1 N–H and O–H groups in total. The molecular formula is C14H11N3O3S. The van der Waals surface area contributed by atoms with Crippen LogP contribution in [0.25, 0.3) is 11.1 Å². The molecule has 3 rings (SSSR count). The number of amides is 1. The monoisotopic (exact) mass is 301 g/mol. The van der Waals surface area contributed by atoms with E-state index in [1.165, 1.54) is 24.2 Å². The Morgan fingerprint density at radius 3 is 3.05 bits per heavy atom. The third-order valence-electron chi connectivity index (χ3n) is 2.53. The van der Waals surface area contributed by atoms with Crippen LogP contribution in [0.5, 0.6) is 0 Å². The summed E-state index contributed by atoms with van der Waals surface area (Å²) < 4.78 is 10.5. The number of oxazole rings is 1. The molecule has 0 radical (unpaired) electrons. The zero-order valence-electron chi connectivity index (χ0n) is 10.9. The van der Waals surface area contributed by atoms with Crippen molar-refractivity contribution < 1.29 is 13.6 Å². The number of aromatic nitrogens is 1. The normalized spacial score (nSPS) is 11.2. The van der Waals surface area contributed by atoms with Crippen LogP contribution in [-0.2, 0) is 4.79 Å². The first-order chi connectivity index (χ1) is 10.3. The maximum Gasteiger partial charge on any atom is 0.257 e. The number of carbonyl (C=O) groups is 1. The predicted molar refractivity (Wildman–Crippen MR) is 79.2 cm³/mol. The second-order valence-corrected chi connectivity index (χ2v) is 4.97. The molecule has 3 aromatic rings. The number of nitrogens with zero attached hydrogens (tertiary/aromatic N) is 2. The summed E-state index contributed by atoms with van der Waals surface area (Å²) in [5.74, 6) is 0.495. The molecule has 1 amide bonds. The van der Waals surface area contributed by atoms with E-state index in [0.29, 0.717) is 16.6 Å². The zero-order chi connectivity index (χ0) is 14.5. The highest BCUT2D eigenvalue weighted by Gasteiger charge is 2.08. The molecule has 0 aliphatic carbocycles. The average molecular weight is 301 g/mol. The Bertz CT molecular complexity index is 732. The van der Waals surface area contributed by atoms with Gasteiger partial charge in [-0.2, -0.15) is 5.10 Å². The summed E-state index contributed by atoms with van der Waals surface area (Å²) in [5.41, 5.74) is 3.88. The van der Waals surface area contributed by atoms with Crippen molar-refractivity contribution in [2.24, 2.45) is 5.10 Å². The number of hydrazone groups is 1. The molecule has 1 aromatic carbocycles. The van der Waals surface area contributed by atoms with E-state index in [4.69, 9.17) is 8.83 Å². The molecule has 0 fully saturated rings. The van der Waals surface area contributed by atoms with Gasteiger partial charge in [-0.25, -0.2) is 10.4 Å². The van der Waals surface area contributed by atoms with Gasteiger partial charge in [0, 0.05) is 0 Å². The third kappa shape index (κ3) is 3.51. The first-order valence-electron chi connectivity index (χ1n) is 6.15. The number of hydrogen-bond donors (Lipinski definition) is 1. The van der Waals surface area contributed by atoms with Crippen LogP contribution in [0.2, 0.25) is 0 Å². The second-order valence-electron chi connectivity index (χ2n) is 4.04. The van der Waals surface area contributed by atoms with Crippen LogP contribution in [0.15, 0.2) is 61.8 Å². The lowest BCUT2D eigenvalue weighted by Crippen LogP contribution is -2.19. The Kier molecular flexibility index (Phi) is 4.02. The van der Waals surface area contributed by atoms with E-state index in [2.05, 4.69) is 15.5 Å². The molecule has 21 heavy (non-hydrogen) atoms. The van der Waals surface area contributed by atoms with Crippen molar-refractivity contribution in [3.05, 3.63) is 48.4 Å². The van der Waals surface area contributed by atoms with Crippen LogP contribution in [0, 0.1) is 0 Å². The standard InChI is InChI=1S/C14H11N3O3S/c18-13(17-15-8-10-4-3-7-19-10)9-21-14-16-11-5-1-2-6-12(11)20-14/h1-8H,9H2,(H,17,18). The number of nitrogens with one attached hydrogen (secondary N) is 1. The fourth-order valence-electron chi connectivity index (χ4n) is 1.60. The van der Waals surface area contributed by atoms with Crippen LogP contribution in [-0.4, -0.2) is 22.9 Å². The van der Waals surface area contributed by atoms with Crippen molar-refractivity contribution in [3.63, 3.8) is 0 Å². The lowest BCUT2D eigenvalue weighted by atomic mass is 10.3. The lowest BCUT2D eigenvalue weighted by molar-refractivity contribution is -0.118. The fraction of sp³-hybridized carbons (Fsp3) is 0.0714. The molecule has 0 bridgehead atoms. The van der Waals surface area contributed by atoms with Gasteiger partial charge in [-0.1, -0.05) is 23.9 Å². The second kappa shape index (κ2) is 6.27. The van der Waals surface area contributed by atoms with Gasteiger partial charge in [-0.05, 0) is 24.3 Å². The van der Waals surface area contributed by atoms with Crippen molar-refractivity contribution in [1.29, 1.82) is 0 Å². The zero-order valence-corrected chi connectivity index (χ0v) is 11.7. The van der Waals surface area contributed by atoms with Crippen LogP contribution in [0.1, 0.15) is 5.76 Å². The Morgan fingerprint density at radius 1 is 1.33 bits per heavy atom. The average Bonchev–Trinajstić information content (AvgIpc) is 3.13. The molecule has 0 spiro atoms. The first-order valence-corrected chi connectivity index (χ1v) is 7.13. The van der Waals surface area contributed by atoms with Crippen LogP contribution >= 0.6 is 11.8 Å². The molecular weight excluding hydrogens is 290 g/mol. The van der Waals surface area contributed by atoms with Crippen LogP contribution in [0.3, 0.4) is 0 Å². The molecule has 106 valence electrons. The van der Waals surface area contributed by atoms with E-state index in [1.807, 2.05) is 24.3 Å². The van der Waals surface area contributed by atoms with Gasteiger partial charge in [0.05, 0.1) is 18.2 Å². The van der Waals surface area contributed by atoms with Gasteiger partial charge in [0.25, 0.3) is 11.1 Å². The summed E-state index contributed by atoms with van der Waals surface area (Å²) in [6.45, 7) is 0. The number of carbonyl (C=O) groups excluding carboxylic acids is 1. The van der Waals surface area contributed by atoms with Crippen molar-refractivity contribution in [1.82, 2.24) is 10.4 Å². The number of thioether (sulfide) groups is 1. The molecule has 0 atom stereocenters. The minimum absolute atomic E-state index is 0.169. The minimum Gasteiger partial charge on any atom is -0.463 e. The lowest BCUT2D eigenvalue weighted by Gasteiger charge is -1.96. The highest BCUT2D eigenvalue weighted by atomic mass is 32.2. The van der Waals surface area contributed by atoms with E-state index >= 15 is 0 Å². The summed E-state index contributed by atoms with van der Waals surface area (Å²) in [6.07, 6.45) is 2.97. The summed E-state index contributed by atoms with van der Waals surface area (Å²) >= 11 is 1.22. The largest absolute Gasteiger partial charge is 0.463 e. The molecule has 2 aromatic heterocycles. The number of rotatable bonds is 5. The molecule has 7 heteroatoms. The number of hydrogen-bond acceptors (Lipinski definition) is 6. The predicted octanol–water partition coefficient (Wildman–Crippen LogP) is 2.66. The number of fused-ring (bicyclic) bond motifs is 1. The fourth-order valence-corrected chi connectivity index (χ4v) is 2.24. The quantitative estimate of drug-likeness (QED) is 0.445. The maximum atomic E-state index is 11.6. The topological polar surface area (TPSA) is 80.6 Å². The Morgan fingerprint density at radius 2 is 2.24 bits per heavy atom. The van der Waals surface area contributed by atoms with Gasteiger partial charge >= 0.3 is 0 Å². The van der Waals surface area contributed by atoms with Crippen molar-refractivity contribution >= 4 is 35.0 Å². The maximum absolute atomic E-state index is 11.6. The van der Waals surface area contributed by atoms with E-state index in [-0.39, 0.29) is 11.7 Å². The van der Waals surface area contributed by atoms with E-state index in [9.17, 15) is 4.79 Å². The molecule has 0 saturated carbocycles. The summed E-state index contributed by atoms with van der Waals surface area (Å²) in [7, 11) is 0. The molecule has 0 aliphatic heterocycles. The number of benzene rings is 1. The van der Waals surface area contributed by atoms with Gasteiger partial charge in [0.15, 0.2) is 5.58 Å². The minimum atomic E-state index is -0.245. The summed E-state index contributed by atoms with van der Waals surface area (Å²) in [5, 5.41) is 4.25. The number of furan rings is 1. The molecule has 0 unspecified atom stereocenters. The van der Waals surface area contributed by atoms with Crippen molar-refractivity contribution in [3.8, 4) is 0 Å². The van der Waals surface area contributed by atoms with Crippen LogP contribution in [0.4, 0.5) is 0 Å². The third-order valence-corrected chi connectivity index (χ3v) is 3.35. The summed E-state index contributed by atoms with van der Waals surface area (Å²) in [6, 6.07) is 10.9. The van der Waals surface area contributed by atoms with Crippen molar-refractivity contribution in [2.75, 3.05) is 5.75 Å². The Labute approximate surface area is 124 Å². The molecule has 6 nitrogen and oxygen atoms in total. The van der Waals surface area contributed by atoms with Crippen LogP contribution < -0.4 is 5.43 Å². The SMILES string of the molecule is O=C(CSc1nc2ccccc2o1)NN=Cc1ccco1. The van der Waals surface area contributed by atoms with Gasteiger partial charge in [0.1, 0.15) is 11.3 Å².